The van der Waals surface area contributed by atoms with E-state index < -0.39 is 0 Å². The molecule has 0 aliphatic heterocycles. The highest BCUT2D eigenvalue weighted by molar-refractivity contribution is 5.36. The van der Waals surface area contributed by atoms with Crippen LogP contribution in [0.2, 0.25) is 0 Å². The molecule has 0 bridgehead atoms. The smallest absolute Gasteiger partial charge is 0.119 e. The summed E-state index contributed by atoms with van der Waals surface area (Å²) < 4.78 is 15.8. The first kappa shape index (κ1) is 17.0. The van der Waals surface area contributed by atoms with Gasteiger partial charge in [-0.25, -0.2) is 0 Å². The summed E-state index contributed by atoms with van der Waals surface area (Å²) in [5.74, 6) is 0.901. The molecule has 0 fully saturated rings. The van der Waals surface area contributed by atoms with Crippen molar-refractivity contribution in [1.29, 1.82) is 0 Å². The van der Waals surface area contributed by atoms with Gasteiger partial charge in [0.25, 0.3) is 0 Å². The first-order valence-corrected chi connectivity index (χ1v) is 7.17. The van der Waals surface area contributed by atoms with Crippen molar-refractivity contribution in [3.63, 3.8) is 0 Å². The van der Waals surface area contributed by atoms with Gasteiger partial charge in [-0.2, -0.15) is 0 Å². The number of ether oxygens (including phenoxy) is 3. The summed E-state index contributed by atoms with van der Waals surface area (Å²) in [4.78, 5) is 0. The van der Waals surface area contributed by atoms with E-state index in [0.29, 0.717) is 19.3 Å². The van der Waals surface area contributed by atoms with Crippen LogP contribution in [0.1, 0.15) is 30.5 Å². The van der Waals surface area contributed by atoms with E-state index in [-0.39, 0.29) is 0 Å². The van der Waals surface area contributed by atoms with Crippen molar-refractivity contribution in [3.05, 3.63) is 29.3 Å². The van der Waals surface area contributed by atoms with E-state index in [1.807, 2.05) is 6.07 Å². The highest BCUT2D eigenvalue weighted by Crippen LogP contribution is 2.24. The van der Waals surface area contributed by atoms with E-state index in [0.717, 1.165) is 25.3 Å². The van der Waals surface area contributed by atoms with Gasteiger partial charge in [0.1, 0.15) is 5.75 Å². The lowest BCUT2D eigenvalue weighted by atomic mass is 9.98. The Kier molecular flexibility index (Phi) is 8.26. The molecule has 0 heterocycles. The fourth-order valence-electron chi connectivity index (χ4n) is 2.23. The van der Waals surface area contributed by atoms with Crippen LogP contribution < -0.4 is 10.1 Å². The monoisotopic (exact) mass is 281 g/mol. The fourth-order valence-corrected chi connectivity index (χ4v) is 2.23. The van der Waals surface area contributed by atoms with Crippen LogP contribution in [0, 0.1) is 6.92 Å². The average Bonchev–Trinajstić information content (AvgIpc) is 2.46. The first-order valence-electron chi connectivity index (χ1n) is 7.17. The molecule has 1 aromatic carbocycles. The van der Waals surface area contributed by atoms with Crippen LogP contribution in [-0.2, 0) is 9.47 Å². The third kappa shape index (κ3) is 5.49. The topological polar surface area (TPSA) is 39.7 Å². The SMILES string of the molecule is CCNC(CCOCCOC)c1ccc(OC)cc1C. The van der Waals surface area contributed by atoms with Crippen molar-refractivity contribution in [3.8, 4) is 5.75 Å². The second-order valence-corrected chi connectivity index (χ2v) is 4.73. The van der Waals surface area contributed by atoms with Gasteiger partial charge in [0.15, 0.2) is 0 Å². The number of aryl methyl sites for hydroxylation is 1. The predicted octanol–water partition coefficient (Wildman–Crippen LogP) is 2.71. The van der Waals surface area contributed by atoms with Crippen LogP contribution in [0.25, 0.3) is 0 Å². The van der Waals surface area contributed by atoms with Crippen molar-refractivity contribution in [2.75, 3.05) is 40.6 Å². The molecule has 0 radical (unpaired) electrons. The Bertz CT molecular complexity index is 382. The van der Waals surface area contributed by atoms with Crippen LogP contribution in [0.5, 0.6) is 5.75 Å². The molecular weight excluding hydrogens is 254 g/mol. The van der Waals surface area contributed by atoms with Gasteiger partial charge >= 0.3 is 0 Å². The largest absolute Gasteiger partial charge is 0.497 e. The molecule has 1 unspecified atom stereocenters. The lowest BCUT2D eigenvalue weighted by molar-refractivity contribution is 0.0658. The highest BCUT2D eigenvalue weighted by Gasteiger charge is 2.13. The molecule has 114 valence electrons. The molecule has 1 N–H and O–H groups in total. The Morgan fingerprint density at radius 1 is 1.15 bits per heavy atom. The molecular formula is C16H27NO3. The summed E-state index contributed by atoms with van der Waals surface area (Å²) in [7, 11) is 3.38. The van der Waals surface area contributed by atoms with E-state index in [1.54, 1.807) is 14.2 Å². The lowest BCUT2D eigenvalue weighted by Crippen LogP contribution is -2.23. The maximum Gasteiger partial charge on any atom is 0.119 e. The number of hydrogen-bond donors (Lipinski definition) is 1. The van der Waals surface area contributed by atoms with Crippen LogP contribution >= 0.6 is 0 Å². The van der Waals surface area contributed by atoms with E-state index in [2.05, 4.69) is 31.3 Å². The van der Waals surface area contributed by atoms with Crippen LogP contribution in [0.4, 0.5) is 0 Å². The third-order valence-electron chi connectivity index (χ3n) is 3.29. The quantitative estimate of drug-likeness (QED) is 0.669. The lowest BCUT2D eigenvalue weighted by Gasteiger charge is -2.21. The summed E-state index contributed by atoms with van der Waals surface area (Å²) in [5.41, 5.74) is 2.55. The van der Waals surface area contributed by atoms with Gasteiger partial charge in [-0.05, 0) is 43.1 Å². The minimum absolute atomic E-state index is 0.313. The molecule has 0 amide bonds. The zero-order valence-corrected chi connectivity index (χ0v) is 13.1. The molecule has 0 saturated heterocycles. The Labute approximate surface area is 122 Å². The molecule has 4 heteroatoms. The van der Waals surface area contributed by atoms with Gasteiger partial charge in [-0.3, -0.25) is 0 Å². The molecule has 0 aliphatic rings. The van der Waals surface area contributed by atoms with Gasteiger partial charge in [-0.1, -0.05) is 13.0 Å². The summed E-state index contributed by atoms with van der Waals surface area (Å²) in [6.07, 6.45) is 0.949. The minimum Gasteiger partial charge on any atom is -0.497 e. The van der Waals surface area contributed by atoms with Crippen molar-refractivity contribution >= 4 is 0 Å². The summed E-state index contributed by atoms with van der Waals surface area (Å²) in [6, 6.07) is 6.54. The fraction of sp³-hybridized carbons (Fsp3) is 0.625. The molecule has 1 aromatic rings. The van der Waals surface area contributed by atoms with E-state index in [4.69, 9.17) is 14.2 Å². The van der Waals surface area contributed by atoms with Gasteiger partial charge in [0.2, 0.25) is 0 Å². The highest BCUT2D eigenvalue weighted by atomic mass is 16.5. The van der Waals surface area contributed by atoms with Crippen molar-refractivity contribution in [2.24, 2.45) is 0 Å². The van der Waals surface area contributed by atoms with Crippen molar-refractivity contribution in [1.82, 2.24) is 5.32 Å². The van der Waals surface area contributed by atoms with Crippen LogP contribution in [0.3, 0.4) is 0 Å². The maximum atomic E-state index is 5.57. The van der Waals surface area contributed by atoms with Gasteiger partial charge in [-0.15, -0.1) is 0 Å². The Morgan fingerprint density at radius 2 is 1.95 bits per heavy atom. The zero-order valence-electron chi connectivity index (χ0n) is 13.1. The average molecular weight is 281 g/mol. The number of rotatable bonds is 10. The van der Waals surface area contributed by atoms with E-state index in [1.165, 1.54) is 11.1 Å². The number of nitrogens with one attached hydrogen (secondary N) is 1. The van der Waals surface area contributed by atoms with E-state index in [9.17, 15) is 0 Å². The normalized spacial score (nSPS) is 12.4. The summed E-state index contributed by atoms with van der Waals surface area (Å²) in [6.45, 7) is 7.21. The van der Waals surface area contributed by atoms with Crippen molar-refractivity contribution < 1.29 is 14.2 Å². The molecule has 0 spiro atoms. The standard InChI is InChI=1S/C16H27NO3/c1-5-17-16(8-9-20-11-10-18-3)15-7-6-14(19-4)12-13(15)2/h6-7,12,16-17H,5,8-11H2,1-4H3. The first-order chi connectivity index (χ1) is 9.72. The number of hydrogen-bond acceptors (Lipinski definition) is 4. The minimum atomic E-state index is 0.313. The molecule has 0 aliphatic carbocycles. The number of benzene rings is 1. The molecule has 1 rings (SSSR count). The molecule has 0 saturated carbocycles. The summed E-state index contributed by atoms with van der Waals surface area (Å²) in [5, 5.41) is 3.52. The second-order valence-electron chi connectivity index (χ2n) is 4.73. The van der Waals surface area contributed by atoms with Crippen LogP contribution in [-0.4, -0.2) is 40.6 Å². The van der Waals surface area contributed by atoms with E-state index >= 15 is 0 Å². The molecule has 1 atom stereocenters. The predicted molar refractivity (Wildman–Crippen MR) is 81.5 cm³/mol. The zero-order chi connectivity index (χ0) is 14.8. The van der Waals surface area contributed by atoms with Gasteiger partial charge in [0.05, 0.1) is 20.3 Å². The molecule has 4 nitrogen and oxygen atoms in total. The Balaban J connectivity index is 2.60. The third-order valence-corrected chi connectivity index (χ3v) is 3.29. The second kappa shape index (κ2) is 9.75. The van der Waals surface area contributed by atoms with Crippen molar-refractivity contribution in [2.45, 2.75) is 26.3 Å². The summed E-state index contributed by atoms with van der Waals surface area (Å²) >= 11 is 0. The Morgan fingerprint density at radius 3 is 2.55 bits per heavy atom. The van der Waals surface area contributed by atoms with Crippen LogP contribution in [0.15, 0.2) is 18.2 Å². The number of methoxy groups -OCH3 is 2. The van der Waals surface area contributed by atoms with Gasteiger partial charge in [0, 0.05) is 19.8 Å². The Hall–Kier alpha value is -1.10. The molecule has 20 heavy (non-hydrogen) atoms. The van der Waals surface area contributed by atoms with Gasteiger partial charge < -0.3 is 19.5 Å². The molecule has 0 aromatic heterocycles. The maximum absolute atomic E-state index is 5.57.